The summed E-state index contributed by atoms with van der Waals surface area (Å²) in [6.45, 7) is 0.428. The van der Waals surface area contributed by atoms with E-state index in [1.807, 2.05) is 12.1 Å². The predicted molar refractivity (Wildman–Crippen MR) is 85.0 cm³/mol. The number of halogens is 1. The third-order valence-electron chi connectivity index (χ3n) is 2.90. The van der Waals surface area contributed by atoms with Crippen molar-refractivity contribution < 1.29 is 9.53 Å². The zero-order valence-electron chi connectivity index (χ0n) is 11.6. The second-order valence-electron chi connectivity index (χ2n) is 4.52. The van der Waals surface area contributed by atoms with E-state index in [-0.39, 0.29) is 5.57 Å². The molecule has 0 aliphatic rings. The lowest BCUT2D eigenvalue weighted by molar-refractivity contribution is -0.114. The molecule has 0 unspecified atom stereocenters. The molecular formula is C17H13ClN2O2. The highest BCUT2D eigenvalue weighted by Crippen LogP contribution is 2.17. The highest BCUT2D eigenvalue weighted by molar-refractivity contribution is 6.30. The van der Waals surface area contributed by atoms with Crippen LogP contribution in [0.3, 0.4) is 0 Å². The number of rotatable bonds is 5. The van der Waals surface area contributed by atoms with Crippen molar-refractivity contribution in [1.82, 2.24) is 0 Å². The highest BCUT2D eigenvalue weighted by Gasteiger charge is 2.03. The highest BCUT2D eigenvalue weighted by atomic mass is 35.5. The molecule has 2 N–H and O–H groups in total. The van der Waals surface area contributed by atoms with Crippen LogP contribution in [0.25, 0.3) is 6.08 Å². The molecule has 0 radical (unpaired) electrons. The van der Waals surface area contributed by atoms with Gasteiger partial charge < -0.3 is 10.5 Å². The quantitative estimate of drug-likeness (QED) is 0.679. The monoisotopic (exact) mass is 312 g/mol. The van der Waals surface area contributed by atoms with Crippen LogP contribution in [0.15, 0.2) is 54.1 Å². The van der Waals surface area contributed by atoms with Gasteiger partial charge in [-0.1, -0.05) is 35.9 Å². The number of nitrogens with zero attached hydrogens (tertiary/aromatic N) is 1. The maximum Gasteiger partial charge on any atom is 0.259 e. The van der Waals surface area contributed by atoms with Crippen LogP contribution >= 0.6 is 11.6 Å². The van der Waals surface area contributed by atoms with Crippen molar-refractivity contribution in [2.45, 2.75) is 6.61 Å². The first-order valence-electron chi connectivity index (χ1n) is 6.47. The normalized spacial score (nSPS) is 10.8. The third kappa shape index (κ3) is 4.37. The summed E-state index contributed by atoms with van der Waals surface area (Å²) < 4.78 is 5.65. The smallest absolute Gasteiger partial charge is 0.259 e. The zero-order chi connectivity index (χ0) is 15.9. The van der Waals surface area contributed by atoms with Crippen LogP contribution in [0.1, 0.15) is 11.1 Å². The minimum absolute atomic E-state index is 0.0881. The van der Waals surface area contributed by atoms with Crippen LogP contribution in [0.5, 0.6) is 5.75 Å². The largest absolute Gasteiger partial charge is 0.489 e. The van der Waals surface area contributed by atoms with E-state index in [4.69, 9.17) is 27.3 Å². The zero-order valence-corrected chi connectivity index (χ0v) is 12.4. The Morgan fingerprint density at radius 1 is 1.18 bits per heavy atom. The average Bonchev–Trinajstić information content (AvgIpc) is 2.53. The van der Waals surface area contributed by atoms with Crippen LogP contribution in [0.4, 0.5) is 0 Å². The van der Waals surface area contributed by atoms with Crippen molar-refractivity contribution in [2.24, 2.45) is 5.73 Å². The van der Waals surface area contributed by atoms with Crippen LogP contribution in [-0.2, 0) is 11.4 Å². The Balaban J connectivity index is 2.02. The Labute approximate surface area is 133 Å². The number of hydrogen-bond donors (Lipinski definition) is 1. The van der Waals surface area contributed by atoms with E-state index in [1.165, 1.54) is 6.08 Å². The molecule has 0 aromatic heterocycles. The fourth-order valence-corrected chi connectivity index (χ4v) is 1.86. The summed E-state index contributed by atoms with van der Waals surface area (Å²) in [5, 5.41) is 9.47. The molecule has 0 aliphatic carbocycles. The summed E-state index contributed by atoms with van der Waals surface area (Å²) in [6.07, 6.45) is 1.44. The topological polar surface area (TPSA) is 76.1 Å². The molecular weight excluding hydrogens is 300 g/mol. The second-order valence-corrected chi connectivity index (χ2v) is 4.95. The first-order chi connectivity index (χ1) is 10.6. The van der Waals surface area contributed by atoms with E-state index < -0.39 is 5.91 Å². The molecule has 2 aromatic rings. The number of nitriles is 1. The van der Waals surface area contributed by atoms with Crippen LogP contribution in [0, 0.1) is 11.3 Å². The van der Waals surface area contributed by atoms with E-state index in [0.717, 1.165) is 5.56 Å². The van der Waals surface area contributed by atoms with Crippen molar-refractivity contribution in [3.05, 3.63) is 70.3 Å². The van der Waals surface area contributed by atoms with Crippen molar-refractivity contribution in [3.63, 3.8) is 0 Å². The van der Waals surface area contributed by atoms with Gasteiger partial charge in [0.25, 0.3) is 5.91 Å². The Kier molecular flexibility index (Phi) is 5.18. The number of nitrogens with two attached hydrogens (primary N) is 1. The molecule has 2 rings (SSSR count). The van der Waals surface area contributed by atoms with Gasteiger partial charge in [0.1, 0.15) is 24.0 Å². The lowest BCUT2D eigenvalue weighted by atomic mass is 10.1. The van der Waals surface area contributed by atoms with Crippen molar-refractivity contribution in [2.75, 3.05) is 0 Å². The average molecular weight is 313 g/mol. The van der Waals surface area contributed by atoms with Gasteiger partial charge in [-0.3, -0.25) is 4.79 Å². The summed E-state index contributed by atoms with van der Waals surface area (Å²) >= 11 is 5.82. The van der Waals surface area contributed by atoms with E-state index in [2.05, 4.69) is 0 Å². The lowest BCUT2D eigenvalue weighted by Crippen LogP contribution is -2.12. The Morgan fingerprint density at radius 3 is 2.36 bits per heavy atom. The minimum Gasteiger partial charge on any atom is -0.489 e. The SMILES string of the molecule is N#C/C(=C/c1ccc(OCc2ccc(Cl)cc2)cc1)C(N)=O. The molecule has 0 fully saturated rings. The van der Waals surface area contributed by atoms with E-state index in [0.29, 0.717) is 22.9 Å². The molecule has 0 bridgehead atoms. The number of primary amides is 1. The Morgan fingerprint density at radius 2 is 1.82 bits per heavy atom. The summed E-state index contributed by atoms with van der Waals surface area (Å²) in [4.78, 5) is 11.0. The molecule has 0 spiro atoms. The molecule has 0 saturated heterocycles. The molecule has 2 aromatic carbocycles. The van der Waals surface area contributed by atoms with Gasteiger partial charge in [0.15, 0.2) is 0 Å². The van der Waals surface area contributed by atoms with Crippen molar-refractivity contribution >= 4 is 23.6 Å². The lowest BCUT2D eigenvalue weighted by Gasteiger charge is -2.06. The van der Waals surface area contributed by atoms with Crippen molar-refractivity contribution in [3.8, 4) is 11.8 Å². The number of carbonyl (C=O) groups is 1. The van der Waals surface area contributed by atoms with Gasteiger partial charge in [-0.25, -0.2) is 0 Å². The van der Waals surface area contributed by atoms with Gasteiger partial charge in [0.05, 0.1) is 0 Å². The molecule has 22 heavy (non-hydrogen) atoms. The maximum absolute atomic E-state index is 11.0. The van der Waals surface area contributed by atoms with Gasteiger partial charge in [0, 0.05) is 5.02 Å². The van der Waals surface area contributed by atoms with Crippen molar-refractivity contribution in [1.29, 1.82) is 5.26 Å². The number of hydrogen-bond acceptors (Lipinski definition) is 3. The van der Waals surface area contributed by atoms with Gasteiger partial charge in [-0.15, -0.1) is 0 Å². The van der Waals surface area contributed by atoms with Crippen LogP contribution in [-0.4, -0.2) is 5.91 Å². The van der Waals surface area contributed by atoms with E-state index in [9.17, 15) is 4.79 Å². The second kappa shape index (κ2) is 7.30. The first-order valence-corrected chi connectivity index (χ1v) is 6.85. The molecule has 4 nitrogen and oxygen atoms in total. The third-order valence-corrected chi connectivity index (χ3v) is 3.15. The molecule has 0 saturated carbocycles. The van der Waals surface area contributed by atoms with Gasteiger partial charge in [-0.2, -0.15) is 5.26 Å². The number of benzene rings is 2. The summed E-state index contributed by atoms with van der Waals surface area (Å²) in [5.41, 5.74) is 6.71. The molecule has 1 amide bonds. The maximum atomic E-state index is 11.0. The summed E-state index contributed by atoms with van der Waals surface area (Å²) in [5.74, 6) is -0.0600. The van der Waals surface area contributed by atoms with Gasteiger partial charge in [-0.05, 0) is 41.5 Å². The fourth-order valence-electron chi connectivity index (χ4n) is 1.73. The van der Waals surface area contributed by atoms with Crippen LogP contribution < -0.4 is 10.5 Å². The fraction of sp³-hybridized carbons (Fsp3) is 0.0588. The molecule has 0 atom stereocenters. The molecule has 110 valence electrons. The number of carbonyl (C=O) groups excluding carboxylic acids is 1. The van der Waals surface area contributed by atoms with E-state index >= 15 is 0 Å². The summed E-state index contributed by atoms with van der Waals surface area (Å²) in [7, 11) is 0. The molecule has 5 heteroatoms. The number of ether oxygens (including phenoxy) is 1. The van der Waals surface area contributed by atoms with E-state index in [1.54, 1.807) is 42.5 Å². The van der Waals surface area contributed by atoms with Gasteiger partial charge in [0.2, 0.25) is 0 Å². The number of amides is 1. The predicted octanol–water partition coefficient (Wildman–Crippen LogP) is 3.31. The minimum atomic E-state index is -0.745. The Bertz CT molecular complexity index is 729. The molecule has 0 heterocycles. The van der Waals surface area contributed by atoms with Crippen LogP contribution in [0.2, 0.25) is 5.02 Å². The molecule has 0 aliphatic heterocycles. The summed E-state index contributed by atoms with van der Waals surface area (Å²) in [6, 6.07) is 16.2. The Hall–Kier alpha value is -2.77. The van der Waals surface area contributed by atoms with Gasteiger partial charge >= 0.3 is 0 Å². The standard InChI is InChI=1S/C17H13ClN2O2/c18-15-5-1-13(2-6-15)11-22-16-7-3-12(4-8-16)9-14(10-19)17(20)21/h1-9H,11H2,(H2,20,21)/b14-9-. The first kappa shape index (κ1) is 15.6.